The number of hydrogen-bond acceptors (Lipinski definition) is 2. The predicted octanol–water partition coefficient (Wildman–Crippen LogP) is 2.46. The number of likely N-dealkylation sites (N-methyl/N-ethyl adjacent to an activating group) is 1. The van der Waals surface area contributed by atoms with E-state index >= 15 is 0 Å². The smallest absolute Gasteiger partial charge is 0.258 e. The van der Waals surface area contributed by atoms with Crippen LogP contribution in [0.15, 0.2) is 30.3 Å². The fourth-order valence-electron chi connectivity index (χ4n) is 1.46. The van der Waals surface area contributed by atoms with Gasteiger partial charge in [0.05, 0.1) is 0 Å². The molecule has 0 fully saturated rings. The lowest BCUT2D eigenvalue weighted by molar-refractivity contribution is -0.136. The van der Waals surface area contributed by atoms with E-state index < -0.39 is 5.60 Å². The molecule has 88 valence electrons. The first kappa shape index (κ1) is 12.7. The van der Waals surface area contributed by atoms with Crippen molar-refractivity contribution >= 4 is 11.6 Å². The van der Waals surface area contributed by atoms with Gasteiger partial charge < -0.3 is 9.64 Å². The second kappa shape index (κ2) is 5.12. The van der Waals surface area contributed by atoms with Crippen LogP contribution in [0, 0.1) is 0 Å². The van der Waals surface area contributed by atoms with E-state index in [2.05, 4.69) is 0 Å². The normalized spacial score (nSPS) is 11.2. The van der Waals surface area contributed by atoms with Crippen LogP contribution in [0.3, 0.4) is 0 Å². The van der Waals surface area contributed by atoms with Crippen LogP contribution in [0.25, 0.3) is 0 Å². The third-order valence-corrected chi connectivity index (χ3v) is 2.65. The third kappa shape index (κ3) is 2.61. The number of amides is 1. The van der Waals surface area contributed by atoms with Gasteiger partial charge in [-0.25, -0.2) is 0 Å². The number of methoxy groups -OCH3 is 1. The molecule has 0 aromatic heterocycles. The molecule has 0 aliphatic rings. The maximum atomic E-state index is 12.2. The lowest BCUT2D eigenvalue weighted by Gasteiger charge is -2.30. The molecule has 3 nitrogen and oxygen atoms in total. The number of para-hydroxylation sites is 1. The lowest BCUT2D eigenvalue weighted by atomic mass is 10.1. The zero-order valence-corrected chi connectivity index (χ0v) is 10.4. The van der Waals surface area contributed by atoms with Crippen LogP contribution >= 0.6 is 0 Å². The van der Waals surface area contributed by atoms with Crippen molar-refractivity contribution in [3.63, 3.8) is 0 Å². The molecule has 0 bridgehead atoms. The summed E-state index contributed by atoms with van der Waals surface area (Å²) >= 11 is 0. The molecule has 0 saturated heterocycles. The summed E-state index contributed by atoms with van der Waals surface area (Å²) < 4.78 is 5.21. The zero-order valence-electron chi connectivity index (χ0n) is 10.4. The van der Waals surface area contributed by atoms with Crippen LogP contribution in [0.4, 0.5) is 5.69 Å². The van der Waals surface area contributed by atoms with Crippen molar-refractivity contribution in [3.8, 4) is 0 Å². The first-order valence-corrected chi connectivity index (χ1v) is 5.45. The van der Waals surface area contributed by atoms with Gasteiger partial charge in [-0.05, 0) is 32.9 Å². The minimum absolute atomic E-state index is 0.0244. The van der Waals surface area contributed by atoms with E-state index in [1.54, 1.807) is 25.9 Å². The minimum atomic E-state index is -0.786. The first-order chi connectivity index (χ1) is 7.53. The van der Waals surface area contributed by atoms with Gasteiger partial charge >= 0.3 is 0 Å². The minimum Gasteiger partial charge on any atom is -0.369 e. The molecule has 1 aromatic carbocycles. The molecule has 1 rings (SSSR count). The largest absolute Gasteiger partial charge is 0.369 e. The van der Waals surface area contributed by atoms with Gasteiger partial charge in [0.1, 0.15) is 5.60 Å². The highest BCUT2D eigenvalue weighted by Crippen LogP contribution is 2.19. The van der Waals surface area contributed by atoms with Gasteiger partial charge in [-0.1, -0.05) is 18.2 Å². The summed E-state index contributed by atoms with van der Waals surface area (Å²) in [6.07, 6.45) is 0. The number of hydrogen-bond donors (Lipinski definition) is 0. The van der Waals surface area contributed by atoms with Crippen molar-refractivity contribution in [3.05, 3.63) is 30.3 Å². The number of benzene rings is 1. The van der Waals surface area contributed by atoms with E-state index in [9.17, 15) is 4.79 Å². The Balaban J connectivity index is 2.96. The Morgan fingerprint density at radius 3 is 2.31 bits per heavy atom. The molecule has 1 aromatic rings. The SMILES string of the molecule is CCN(C(=O)C(C)(C)OC)c1ccccc1. The van der Waals surface area contributed by atoms with Crippen LogP contribution in [-0.2, 0) is 9.53 Å². The molecule has 0 heterocycles. The molecule has 0 atom stereocenters. The van der Waals surface area contributed by atoms with Gasteiger partial charge in [-0.15, -0.1) is 0 Å². The first-order valence-electron chi connectivity index (χ1n) is 5.45. The summed E-state index contributed by atoms with van der Waals surface area (Å²) in [7, 11) is 1.55. The highest BCUT2D eigenvalue weighted by Gasteiger charge is 2.31. The van der Waals surface area contributed by atoms with E-state index in [1.807, 2.05) is 37.3 Å². The molecular formula is C13H19NO2. The van der Waals surface area contributed by atoms with E-state index in [1.165, 1.54) is 0 Å². The third-order valence-electron chi connectivity index (χ3n) is 2.65. The monoisotopic (exact) mass is 221 g/mol. The molecule has 0 radical (unpaired) electrons. The Labute approximate surface area is 97.0 Å². The maximum Gasteiger partial charge on any atom is 0.258 e. The van der Waals surface area contributed by atoms with Crippen LogP contribution in [0.1, 0.15) is 20.8 Å². The van der Waals surface area contributed by atoms with Crippen molar-refractivity contribution in [1.82, 2.24) is 0 Å². The topological polar surface area (TPSA) is 29.5 Å². The van der Waals surface area contributed by atoms with Crippen LogP contribution in [0.5, 0.6) is 0 Å². The van der Waals surface area contributed by atoms with Gasteiger partial charge in [-0.2, -0.15) is 0 Å². The van der Waals surface area contributed by atoms with Crippen molar-refractivity contribution in [2.75, 3.05) is 18.6 Å². The number of nitrogens with zero attached hydrogens (tertiary/aromatic N) is 1. The maximum absolute atomic E-state index is 12.2. The molecule has 0 aliphatic carbocycles. The van der Waals surface area contributed by atoms with Crippen molar-refractivity contribution in [1.29, 1.82) is 0 Å². The van der Waals surface area contributed by atoms with Crippen molar-refractivity contribution in [2.24, 2.45) is 0 Å². The predicted molar refractivity (Wildman–Crippen MR) is 65.6 cm³/mol. The number of carbonyl (C=O) groups excluding carboxylic acids is 1. The van der Waals surface area contributed by atoms with E-state index in [0.29, 0.717) is 6.54 Å². The highest BCUT2D eigenvalue weighted by molar-refractivity contribution is 5.98. The Morgan fingerprint density at radius 1 is 1.31 bits per heavy atom. The summed E-state index contributed by atoms with van der Waals surface area (Å²) in [6, 6.07) is 9.62. The molecule has 0 aliphatic heterocycles. The number of rotatable bonds is 4. The van der Waals surface area contributed by atoms with Crippen LogP contribution in [-0.4, -0.2) is 25.2 Å². The zero-order chi connectivity index (χ0) is 12.2. The van der Waals surface area contributed by atoms with Gasteiger partial charge in [0.2, 0.25) is 0 Å². The Bertz CT molecular complexity index is 346. The van der Waals surface area contributed by atoms with Crippen molar-refractivity contribution < 1.29 is 9.53 Å². The van der Waals surface area contributed by atoms with Crippen molar-refractivity contribution in [2.45, 2.75) is 26.4 Å². The quantitative estimate of drug-likeness (QED) is 0.781. The second-order valence-electron chi connectivity index (χ2n) is 4.10. The van der Waals surface area contributed by atoms with Gasteiger partial charge in [0, 0.05) is 19.3 Å². The summed E-state index contributed by atoms with van der Waals surface area (Å²) in [5, 5.41) is 0. The fraction of sp³-hybridized carbons (Fsp3) is 0.462. The highest BCUT2D eigenvalue weighted by atomic mass is 16.5. The van der Waals surface area contributed by atoms with Gasteiger partial charge in [0.25, 0.3) is 5.91 Å². The van der Waals surface area contributed by atoms with Crippen LogP contribution in [0.2, 0.25) is 0 Å². The molecular weight excluding hydrogens is 202 g/mol. The number of ether oxygens (including phenoxy) is 1. The van der Waals surface area contributed by atoms with E-state index in [-0.39, 0.29) is 5.91 Å². The summed E-state index contributed by atoms with van der Waals surface area (Å²) in [5.74, 6) is -0.0244. The summed E-state index contributed by atoms with van der Waals surface area (Å²) in [5.41, 5.74) is 0.117. The Morgan fingerprint density at radius 2 is 1.88 bits per heavy atom. The Kier molecular flexibility index (Phi) is 4.07. The molecule has 1 amide bonds. The van der Waals surface area contributed by atoms with E-state index in [4.69, 9.17) is 4.74 Å². The molecule has 16 heavy (non-hydrogen) atoms. The molecule has 0 unspecified atom stereocenters. The summed E-state index contributed by atoms with van der Waals surface area (Å²) in [4.78, 5) is 14.0. The molecule has 3 heteroatoms. The fourth-order valence-corrected chi connectivity index (χ4v) is 1.46. The van der Waals surface area contributed by atoms with E-state index in [0.717, 1.165) is 5.69 Å². The Hall–Kier alpha value is -1.35. The number of carbonyl (C=O) groups is 1. The average molecular weight is 221 g/mol. The number of anilines is 1. The second-order valence-corrected chi connectivity index (χ2v) is 4.10. The van der Waals surface area contributed by atoms with Gasteiger partial charge in [-0.3, -0.25) is 4.79 Å². The van der Waals surface area contributed by atoms with Crippen LogP contribution < -0.4 is 4.90 Å². The summed E-state index contributed by atoms with van der Waals surface area (Å²) in [6.45, 7) is 6.15. The molecule has 0 saturated carbocycles. The molecule has 0 N–H and O–H groups in total. The van der Waals surface area contributed by atoms with Gasteiger partial charge in [0.15, 0.2) is 0 Å². The standard InChI is InChI=1S/C13H19NO2/c1-5-14(11-9-7-6-8-10-11)12(15)13(2,3)16-4/h6-10H,5H2,1-4H3. The lowest BCUT2D eigenvalue weighted by Crippen LogP contribution is -2.46. The average Bonchev–Trinajstić information content (AvgIpc) is 2.31. The molecule has 0 spiro atoms.